The van der Waals surface area contributed by atoms with E-state index in [2.05, 4.69) is 0 Å². The Labute approximate surface area is 193 Å². The summed E-state index contributed by atoms with van der Waals surface area (Å²) in [5.74, 6) is 2.38. The van der Waals surface area contributed by atoms with Crippen molar-refractivity contribution < 1.29 is 14.2 Å². The van der Waals surface area contributed by atoms with Crippen LogP contribution in [-0.4, -0.2) is 44.4 Å². The molecule has 0 unspecified atom stereocenters. The number of imidazole rings is 2. The van der Waals surface area contributed by atoms with Gasteiger partial charge in [-0.15, -0.1) is 0 Å². The lowest BCUT2D eigenvalue weighted by atomic mass is 10.1. The van der Waals surface area contributed by atoms with Crippen LogP contribution in [0.1, 0.15) is 0 Å². The normalized spacial score (nSPS) is 11.3. The van der Waals surface area contributed by atoms with E-state index in [1.165, 1.54) is 11.6 Å². The van der Waals surface area contributed by atoms with Gasteiger partial charge < -0.3 is 14.2 Å². The zero-order chi connectivity index (χ0) is 24.1. The highest BCUT2D eigenvalue weighted by Crippen LogP contribution is 2.35. The maximum Gasteiger partial charge on any atom is 0.332 e. The zero-order valence-electron chi connectivity index (χ0n) is 19.4. The first-order valence-corrected chi connectivity index (χ1v) is 10.5. The molecule has 5 rings (SSSR count). The van der Waals surface area contributed by atoms with Gasteiger partial charge in [0.1, 0.15) is 5.75 Å². The summed E-state index contributed by atoms with van der Waals surface area (Å²) < 4.78 is 22.3. The molecule has 0 atom stereocenters. The van der Waals surface area contributed by atoms with E-state index in [1.54, 1.807) is 32.8 Å². The van der Waals surface area contributed by atoms with E-state index in [0.29, 0.717) is 34.2 Å². The lowest BCUT2D eigenvalue weighted by Gasteiger charge is -2.12. The van der Waals surface area contributed by atoms with Crippen LogP contribution in [0.5, 0.6) is 17.2 Å². The predicted octanol–water partition coefficient (Wildman–Crippen LogP) is 2.37. The van der Waals surface area contributed by atoms with Crippen LogP contribution in [0.2, 0.25) is 0 Å². The molecule has 0 spiro atoms. The van der Waals surface area contributed by atoms with Crippen molar-refractivity contribution in [2.24, 2.45) is 14.1 Å². The molecule has 0 N–H and O–H groups in total. The van der Waals surface area contributed by atoms with Crippen LogP contribution in [0.15, 0.2) is 58.3 Å². The highest BCUT2D eigenvalue weighted by molar-refractivity contribution is 5.80. The minimum atomic E-state index is -0.436. The van der Waals surface area contributed by atoms with Gasteiger partial charge in [0.25, 0.3) is 5.56 Å². The molecule has 0 saturated carbocycles. The standard InChI is InChI=1S/C24H23N5O5/c1-26-21-20(22(30)27(2)24(26)31)28-13-17(14-6-11-18(33-4)19(12-14)34-5)29(23(28)25-21)15-7-9-16(32-3)10-8-15/h6-13H,1-5H3. The van der Waals surface area contributed by atoms with Gasteiger partial charge in [-0.3, -0.25) is 22.9 Å². The van der Waals surface area contributed by atoms with Gasteiger partial charge in [-0.1, -0.05) is 0 Å². The third-order valence-corrected chi connectivity index (χ3v) is 5.98. The Kier molecular flexibility index (Phi) is 4.93. The van der Waals surface area contributed by atoms with Gasteiger partial charge in [-0.05, 0) is 42.5 Å². The Morgan fingerprint density at radius 1 is 0.824 bits per heavy atom. The second-order valence-corrected chi connectivity index (χ2v) is 7.78. The van der Waals surface area contributed by atoms with E-state index in [-0.39, 0.29) is 0 Å². The Hall–Kier alpha value is -4.47. The highest BCUT2D eigenvalue weighted by atomic mass is 16.5. The number of rotatable bonds is 5. The highest BCUT2D eigenvalue weighted by Gasteiger charge is 2.22. The van der Waals surface area contributed by atoms with E-state index in [4.69, 9.17) is 19.2 Å². The average Bonchev–Trinajstić information content (AvgIpc) is 3.42. The molecule has 0 saturated heterocycles. The quantitative estimate of drug-likeness (QED) is 0.399. The second-order valence-electron chi connectivity index (χ2n) is 7.78. The van der Waals surface area contributed by atoms with E-state index in [0.717, 1.165) is 21.5 Å². The number of fused-ring (bicyclic) bond motifs is 3. The molecule has 3 aromatic heterocycles. The van der Waals surface area contributed by atoms with Crippen LogP contribution in [0, 0.1) is 0 Å². The molecule has 3 heterocycles. The summed E-state index contributed by atoms with van der Waals surface area (Å²) in [6.45, 7) is 0. The van der Waals surface area contributed by atoms with Crippen LogP contribution in [-0.2, 0) is 14.1 Å². The summed E-state index contributed by atoms with van der Waals surface area (Å²) in [6.07, 6.45) is 1.84. The van der Waals surface area contributed by atoms with Gasteiger partial charge in [0.05, 0.1) is 27.0 Å². The molecule has 174 valence electrons. The fourth-order valence-electron chi connectivity index (χ4n) is 4.16. The fourth-order valence-corrected chi connectivity index (χ4v) is 4.16. The molecule has 0 bridgehead atoms. The largest absolute Gasteiger partial charge is 0.497 e. The third kappa shape index (κ3) is 2.99. The van der Waals surface area contributed by atoms with E-state index >= 15 is 0 Å². The number of aryl methyl sites for hydroxylation is 1. The smallest absolute Gasteiger partial charge is 0.332 e. The molecule has 0 aliphatic rings. The van der Waals surface area contributed by atoms with Crippen molar-refractivity contribution in [2.75, 3.05) is 21.3 Å². The number of methoxy groups -OCH3 is 3. The van der Waals surface area contributed by atoms with Crippen molar-refractivity contribution in [3.8, 4) is 34.2 Å². The molecule has 34 heavy (non-hydrogen) atoms. The summed E-state index contributed by atoms with van der Waals surface area (Å²) in [6, 6.07) is 13.1. The Morgan fingerprint density at radius 3 is 2.18 bits per heavy atom. The summed E-state index contributed by atoms with van der Waals surface area (Å²) >= 11 is 0. The Bertz CT molecular complexity index is 1670. The Balaban J connectivity index is 1.90. The summed E-state index contributed by atoms with van der Waals surface area (Å²) in [5, 5.41) is 0. The molecular formula is C24H23N5O5. The van der Waals surface area contributed by atoms with Crippen molar-refractivity contribution >= 4 is 16.9 Å². The summed E-state index contributed by atoms with van der Waals surface area (Å²) in [7, 11) is 7.82. The molecule has 2 aromatic carbocycles. The van der Waals surface area contributed by atoms with Crippen LogP contribution < -0.4 is 25.5 Å². The van der Waals surface area contributed by atoms with Crippen LogP contribution in [0.4, 0.5) is 0 Å². The van der Waals surface area contributed by atoms with Gasteiger partial charge in [-0.25, -0.2) is 4.79 Å². The predicted molar refractivity (Wildman–Crippen MR) is 128 cm³/mol. The van der Waals surface area contributed by atoms with Crippen LogP contribution >= 0.6 is 0 Å². The molecular weight excluding hydrogens is 438 g/mol. The van der Waals surface area contributed by atoms with Gasteiger partial charge in [0, 0.05) is 31.5 Å². The first kappa shape index (κ1) is 21.4. The molecule has 10 nitrogen and oxygen atoms in total. The lowest BCUT2D eigenvalue weighted by Crippen LogP contribution is -2.37. The first-order valence-electron chi connectivity index (χ1n) is 10.5. The molecule has 5 aromatic rings. The number of benzene rings is 2. The molecule has 0 fully saturated rings. The summed E-state index contributed by atoms with van der Waals surface area (Å²) in [4.78, 5) is 30.2. The van der Waals surface area contributed by atoms with E-state index in [9.17, 15) is 9.59 Å². The maximum atomic E-state index is 13.1. The second kappa shape index (κ2) is 7.84. The van der Waals surface area contributed by atoms with Crippen molar-refractivity contribution in [3.63, 3.8) is 0 Å². The number of hydrogen-bond donors (Lipinski definition) is 0. The molecule has 0 aliphatic carbocycles. The van der Waals surface area contributed by atoms with E-state index < -0.39 is 11.2 Å². The van der Waals surface area contributed by atoms with Gasteiger partial charge >= 0.3 is 5.69 Å². The SMILES string of the molecule is COc1ccc(-n2c(-c3ccc(OC)c(OC)c3)cn3c4c(=O)n(C)c(=O)n(C)c4nc23)cc1. The van der Waals surface area contributed by atoms with Gasteiger partial charge in [0.15, 0.2) is 22.7 Å². The van der Waals surface area contributed by atoms with Crippen LogP contribution in [0.25, 0.3) is 33.9 Å². The number of ether oxygens (including phenoxy) is 3. The number of nitrogens with zero attached hydrogens (tertiary/aromatic N) is 5. The van der Waals surface area contributed by atoms with Crippen LogP contribution in [0.3, 0.4) is 0 Å². The van der Waals surface area contributed by atoms with Crippen molar-refractivity contribution in [2.45, 2.75) is 0 Å². The maximum absolute atomic E-state index is 13.1. The van der Waals surface area contributed by atoms with Crippen molar-refractivity contribution in [3.05, 3.63) is 69.5 Å². The minimum absolute atomic E-state index is 0.309. The van der Waals surface area contributed by atoms with Crippen molar-refractivity contribution in [1.82, 2.24) is 23.1 Å². The first-order chi connectivity index (χ1) is 16.4. The van der Waals surface area contributed by atoms with Gasteiger partial charge in [0.2, 0.25) is 5.78 Å². The molecule has 10 heteroatoms. The minimum Gasteiger partial charge on any atom is -0.497 e. The number of hydrogen-bond acceptors (Lipinski definition) is 6. The van der Waals surface area contributed by atoms with E-state index in [1.807, 2.05) is 53.2 Å². The molecule has 0 radical (unpaired) electrons. The molecule has 0 aliphatic heterocycles. The topological polar surface area (TPSA) is 93.9 Å². The zero-order valence-corrected chi connectivity index (χ0v) is 19.4. The fraction of sp³-hybridized carbons (Fsp3) is 0.208. The lowest BCUT2D eigenvalue weighted by molar-refractivity contribution is 0.355. The third-order valence-electron chi connectivity index (χ3n) is 5.98. The van der Waals surface area contributed by atoms with Crippen molar-refractivity contribution in [1.29, 1.82) is 0 Å². The average molecular weight is 461 g/mol. The number of aromatic nitrogens is 5. The monoisotopic (exact) mass is 461 g/mol. The summed E-state index contributed by atoms with van der Waals surface area (Å²) in [5.41, 5.74) is 2.17. The molecule has 0 amide bonds. The Morgan fingerprint density at radius 2 is 1.53 bits per heavy atom. The van der Waals surface area contributed by atoms with Gasteiger partial charge in [-0.2, -0.15) is 4.98 Å².